The molecular weight excluding hydrogens is 507 g/mol. The number of hydrogen-bond acceptors (Lipinski definition) is 7. The van der Waals surface area contributed by atoms with Gasteiger partial charge in [0.2, 0.25) is 5.43 Å². The topological polar surface area (TPSA) is 101 Å². The zero-order chi connectivity index (χ0) is 27.0. The van der Waals surface area contributed by atoms with E-state index in [9.17, 15) is 22.8 Å². The van der Waals surface area contributed by atoms with Gasteiger partial charge in [-0.3, -0.25) is 9.69 Å². The molecule has 13 heteroatoms. The second kappa shape index (κ2) is 9.57. The van der Waals surface area contributed by atoms with Gasteiger partial charge in [-0.1, -0.05) is 6.07 Å². The Labute approximate surface area is 213 Å². The monoisotopic (exact) mass is 527 g/mol. The summed E-state index contributed by atoms with van der Waals surface area (Å²) in [4.78, 5) is 26.3. The first-order chi connectivity index (χ1) is 18.1. The van der Waals surface area contributed by atoms with Gasteiger partial charge in [0.15, 0.2) is 5.69 Å². The van der Waals surface area contributed by atoms with Crippen LogP contribution in [0.3, 0.4) is 0 Å². The van der Waals surface area contributed by atoms with Crippen LogP contribution in [-0.4, -0.2) is 52.3 Å². The first kappa shape index (κ1) is 24.9. The van der Waals surface area contributed by atoms with Crippen molar-refractivity contribution in [3.63, 3.8) is 0 Å². The summed E-state index contributed by atoms with van der Waals surface area (Å²) in [7, 11) is 1.46. The molecule has 1 fully saturated rings. The summed E-state index contributed by atoms with van der Waals surface area (Å²) in [5, 5.41) is 8.84. The minimum absolute atomic E-state index is 0.00416. The third-order valence-corrected chi connectivity index (χ3v) is 5.66. The second-order valence-corrected chi connectivity index (χ2v) is 8.22. The molecule has 0 N–H and O–H groups in total. The Hall–Kier alpha value is -4.81. The molecule has 1 aliphatic rings. The Morgan fingerprint density at radius 1 is 1.00 bits per heavy atom. The molecule has 0 bridgehead atoms. The lowest BCUT2D eigenvalue weighted by Crippen LogP contribution is -2.23. The number of hydrogen-bond donors (Lipinski definition) is 0. The Morgan fingerprint density at radius 3 is 2.53 bits per heavy atom. The molecule has 1 amide bonds. The van der Waals surface area contributed by atoms with E-state index in [4.69, 9.17) is 9.47 Å². The van der Waals surface area contributed by atoms with Crippen LogP contribution < -0.4 is 19.8 Å². The fraction of sp³-hybridized carbons (Fsp3) is 0.200. The van der Waals surface area contributed by atoms with Gasteiger partial charge in [0.25, 0.3) is 0 Å². The number of halogens is 3. The van der Waals surface area contributed by atoms with Gasteiger partial charge in [-0.2, -0.15) is 10.2 Å². The van der Waals surface area contributed by atoms with Crippen LogP contribution in [0.1, 0.15) is 5.69 Å². The van der Waals surface area contributed by atoms with Crippen molar-refractivity contribution >= 4 is 11.8 Å². The quantitative estimate of drug-likeness (QED) is 0.369. The largest absolute Gasteiger partial charge is 0.573 e. The summed E-state index contributed by atoms with van der Waals surface area (Å²) < 4.78 is 55.5. The van der Waals surface area contributed by atoms with Crippen LogP contribution >= 0.6 is 0 Å². The number of methoxy groups -OCH3 is 1. The van der Waals surface area contributed by atoms with E-state index in [2.05, 4.69) is 14.9 Å². The van der Waals surface area contributed by atoms with Gasteiger partial charge in [-0.25, -0.2) is 14.2 Å². The number of benzene rings is 2. The Bertz CT molecular complexity index is 1580. The molecule has 1 aliphatic heterocycles. The summed E-state index contributed by atoms with van der Waals surface area (Å²) in [5.74, 6) is -0.0507. The van der Waals surface area contributed by atoms with Crippen LogP contribution in [-0.2, 0) is 4.74 Å². The average Bonchev–Trinajstić information content (AvgIpc) is 3.48. The molecule has 2 aromatic carbocycles. The standard InChI is InChI=1S/C25H20F3N5O5/c1-15-12-20(33(29-15)17-4-3-5-18(13-17)38-25(26,27)28)23-21(34)8-9-32(30-23)19-7-6-16(14-22(19)36-2)31-10-11-37-24(31)35/h3-9,12-14H,10-11H2,1-2H3. The van der Waals surface area contributed by atoms with E-state index in [1.54, 1.807) is 31.2 Å². The van der Waals surface area contributed by atoms with Crippen molar-refractivity contribution in [3.05, 3.63) is 76.7 Å². The Morgan fingerprint density at radius 2 is 1.82 bits per heavy atom. The number of amides is 1. The van der Waals surface area contributed by atoms with Gasteiger partial charge in [0, 0.05) is 24.4 Å². The lowest BCUT2D eigenvalue weighted by atomic mass is 10.2. The predicted octanol–water partition coefficient (Wildman–Crippen LogP) is 4.26. The molecule has 1 saturated heterocycles. The van der Waals surface area contributed by atoms with Crippen molar-refractivity contribution in [1.29, 1.82) is 0 Å². The number of rotatable bonds is 6. The summed E-state index contributed by atoms with van der Waals surface area (Å²) in [5.41, 5.74) is 1.65. The van der Waals surface area contributed by atoms with Crippen molar-refractivity contribution in [2.75, 3.05) is 25.2 Å². The number of aromatic nitrogens is 4. The van der Waals surface area contributed by atoms with Gasteiger partial charge in [-0.15, -0.1) is 13.2 Å². The van der Waals surface area contributed by atoms with E-state index < -0.39 is 23.6 Å². The van der Waals surface area contributed by atoms with Crippen molar-refractivity contribution < 1.29 is 32.2 Å². The zero-order valence-corrected chi connectivity index (χ0v) is 20.1. The molecule has 38 heavy (non-hydrogen) atoms. The predicted molar refractivity (Wildman–Crippen MR) is 129 cm³/mol. The molecule has 3 heterocycles. The van der Waals surface area contributed by atoms with Crippen LogP contribution in [0.2, 0.25) is 0 Å². The molecule has 0 radical (unpaired) electrons. The third kappa shape index (κ3) is 4.90. The zero-order valence-electron chi connectivity index (χ0n) is 20.1. The van der Waals surface area contributed by atoms with Crippen molar-refractivity contribution in [2.45, 2.75) is 13.3 Å². The van der Waals surface area contributed by atoms with Crippen molar-refractivity contribution in [2.24, 2.45) is 0 Å². The molecule has 196 valence electrons. The smallest absolute Gasteiger partial charge is 0.494 e. The summed E-state index contributed by atoms with van der Waals surface area (Å²) >= 11 is 0. The number of carbonyl (C=O) groups is 1. The molecule has 0 saturated carbocycles. The van der Waals surface area contributed by atoms with Crippen molar-refractivity contribution in [3.8, 4) is 34.3 Å². The molecule has 0 spiro atoms. The number of aryl methyl sites for hydroxylation is 1. The highest BCUT2D eigenvalue weighted by Gasteiger charge is 2.31. The SMILES string of the molecule is COc1cc(N2CCOC2=O)ccc1-n1ccc(=O)c(-c2cc(C)nn2-c2cccc(OC(F)(F)F)c2)n1. The van der Waals surface area contributed by atoms with Gasteiger partial charge >= 0.3 is 12.5 Å². The van der Waals surface area contributed by atoms with Gasteiger partial charge in [0.05, 0.1) is 36.4 Å². The maximum atomic E-state index is 12.9. The van der Waals surface area contributed by atoms with E-state index in [-0.39, 0.29) is 23.7 Å². The minimum atomic E-state index is -4.86. The molecular formula is C25H20F3N5O5. The highest BCUT2D eigenvalue weighted by Crippen LogP contribution is 2.31. The van der Waals surface area contributed by atoms with Crippen molar-refractivity contribution in [1.82, 2.24) is 19.6 Å². The van der Waals surface area contributed by atoms with E-state index >= 15 is 0 Å². The van der Waals surface area contributed by atoms with E-state index in [0.717, 1.165) is 6.07 Å². The molecule has 0 atom stereocenters. The van der Waals surface area contributed by atoms with Gasteiger partial charge < -0.3 is 14.2 Å². The van der Waals surface area contributed by atoms with E-state index in [1.165, 1.54) is 51.8 Å². The van der Waals surface area contributed by atoms with E-state index in [0.29, 0.717) is 29.4 Å². The molecule has 4 aromatic rings. The lowest BCUT2D eigenvalue weighted by molar-refractivity contribution is -0.274. The molecule has 2 aromatic heterocycles. The Balaban J connectivity index is 1.57. The van der Waals surface area contributed by atoms with Crippen LogP contribution in [0.15, 0.2) is 65.6 Å². The molecule has 10 nitrogen and oxygen atoms in total. The number of alkyl halides is 3. The van der Waals surface area contributed by atoms with Crippen LogP contribution in [0.25, 0.3) is 22.8 Å². The first-order valence-electron chi connectivity index (χ1n) is 11.3. The second-order valence-electron chi connectivity index (χ2n) is 8.22. The summed E-state index contributed by atoms with van der Waals surface area (Å²) in [6.07, 6.45) is -3.87. The van der Waals surface area contributed by atoms with E-state index in [1.807, 2.05) is 0 Å². The molecule has 5 rings (SSSR count). The lowest BCUT2D eigenvalue weighted by Gasteiger charge is -2.17. The summed E-state index contributed by atoms with van der Waals surface area (Å²) in [6.45, 7) is 2.37. The van der Waals surface area contributed by atoms with Crippen LogP contribution in [0, 0.1) is 6.92 Å². The number of cyclic esters (lactones) is 1. The Kier molecular flexibility index (Phi) is 6.27. The minimum Gasteiger partial charge on any atom is -0.494 e. The normalized spacial score (nSPS) is 13.5. The highest BCUT2D eigenvalue weighted by atomic mass is 19.4. The number of ether oxygens (including phenoxy) is 3. The number of nitrogens with zero attached hydrogens (tertiary/aromatic N) is 5. The van der Waals surface area contributed by atoms with Gasteiger partial charge in [-0.05, 0) is 37.3 Å². The van der Waals surface area contributed by atoms with Crippen LogP contribution in [0.5, 0.6) is 11.5 Å². The maximum absolute atomic E-state index is 12.9. The fourth-order valence-corrected chi connectivity index (χ4v) is 4.05. The summed E-state index contributed by atoms with van der Waals surface area (Å²) in [6, 6.07) is 13.2. The molecule has 0 aliphatic carbocycles. The van der Waals surface area contributed by atoms with Gasteiger partial charge in [0.1, 0.15) is 23.8 Å². The third-order valence-electron chi connectivity index (χ3n) is 5.66. The van der Waals surface area contributed by atoms with Crippen LogP contribution in [0.4, 0.5) is 23.7 Å². The average molecular weight is 527 g/mol. The number of carbonyl (C=O) groups excluding carboxylic acids is 1. The maximum Gasteiger partial charge on any atom is 0.573 e. The highest BCUT2D eigenvalue weighted by molar-refractivity contribution is 5.89. The number of anilines is 1. The fourth-order valence-electron chi connectivity index (χ4n) is 4.05. The molecule has 0 unspecified atom stereocenters. The first-order valence-corrected chi connectivity index (χ1v) is 11.3.